The maximum atomic E-state index is 11.5. The first-order valence-electron chi connectivity index (χ1n) is 4.44. The van der Waals surface area contributed by atoms with Crippen molar-refractivity contribution in [3.8, 4) is 0 Å². The fraction of sp³-hybridized carbons (Fsp3) is 0.300. The summed E-state index contributed by atoms with van der Waals surface area (Å²) in [6.07, 6.45) is 0. The van der Waals surface area contributed by atoms with Crippen molar-refractivity contribution in [2.24, 2.45) is 0 Å². The number of Topliss-reactive ketones (excluding diaryl/α,β-unsaturated/α-hetero) is 1. The smallest absolute Gasteiger partial charge is 0.176 e. The van der Waals surface area contributed by atoms with E-state index in [1.165, 1.54) is 0 Å². The van der Waals surface area contributed by atoms with E-state index in [0.29, 0.717) is 22.8 Å². The molecular weight excluding hydrogens is 200 g/mol. The average molecular weight is 213 g/mol. The second kappa shape index (κ2) is 4.98. The zero-order valence-electron chi connectivity index (χ0n) is 8.01. The highest BCUT2D eigenvalue weighted by Gasteiger charge is 2.06. The monoisotopic (exact) mass is 212 g/mol. The molecule has 0 saturated carbocycles. The second-order valence-electron chi connectivity index (χ2n) is 2.94. The molecule has 0 spiro atoms. The average Bonchev–Trinajstić information content (AvgIpc) is 2.18. The standard InChI is InChI=1S/C10H13ClN2O/c1-2-13-6-10(14)7-3-4-8(11)9(12)5-7/h3-5,13H,2,6,12H2,1H3. The Morgan fingerprint density at radius 3 is 2.86 bits per heavy atom. The van der Waals surface area contributed by atoms with Gasteiger partial charge in [-0.05, 0) is 24.7 Å². The second-order valence-corrected chi connectivity index (χ2v) is 3.35. The summed E-state index contributed by atoms with van der Waals surface area (Å²) < 4.78 is 0. The van der Waals surface area contributed by atoms with E-state index in [0.717, 1.165) is 6.54 Å². The molecule has 3 N–H and O–H groups in total. The number of anilines is 1. The van der Waals surface area contributed by atoms with Gasteiger partial charge in [-0.2, -0.15) is 0 Å². The van der Waals surface area contributed by atoms with Gasteiger partial charge in [0.2, 0.25) is 0 Å². The van der Waals surface area contributed by atoms with Crippen LogP contribution in [0.1, 0.15) is 17.3 Å². The van der Waals surface area contributed by atoms with Crippen LogP contribution in [-0.2, 0) is 0 Å². The van der Waals surface area contributed by atoms with Gasteiger partial charge in [-0.15, -0.1) is 0 Å². The van der Waals surface area contributed by atoms with Gasteiger partial charge in [-0.25, -0.2) is 0 Å². The minimum atomic E-state index is 0.0233. The Morgan fingerprint density at radius 1 is 1.57 bits per heavy atom. The molecule has 3 nitrogen and oxygen atoms in total. The number of hydrogen-bond acceptors (Lipinski definition) is 3. The van der Waals surface area contributed by atoms with Gasteiger partial charge in [-0.1, -0.05) is 18.5 Å². The highest BCUT2D eigenvalue weighted by molar-refractivity contribution is 6.33. The van der Waals surface area contributed by atoms with Crippen molar-refractivity contribution in [3.63, 3.8) is 0 Å². The molecule has 0 amide bonds. The number of benzene rings is 1. The maximum Gasteiger partial charge on any atom is 0.176 e. The third-order valence-electron chi connectivity index (χ3n) is 1.85. The third kappa shape index (κ3) is 2.72. The van der Waals surface area contributed by atoms with Crippen LogP contribution in [0.2, 0.25) is 5.02 Å². The van der Waals surface area contributed by atoms with Crippen LogP contribution in [0.3, 0.4) is 0 Å². The summed E-state index contributed by atoms with van der Waals surface area (Å²) in [7, 11) is 0. The largest absolute Gasteiger partial charge is 0.398 e. The number of nitrogens with two attached hydrogens (primary N) is 1. The van der Waals surface area contributed by atoms with E-state index >= 15 is 0 Å². The summed E-state index contributed by atoms with van der Waals surface area (Å²) >= 11 is 5.74. The lowest BCUT2D eigenvalue weighted by molar-refractivity contribution is 0.0992. The highest BCUT2D eigenvalue weighted by Crippen LogP contribution is 2.19. The molecular formula is C10H13ClN2O. The topological polar surface area (TPSA) is 55.1 Å². The number of likely N-dealkylation sites (N-methyl/N-ethyl adjacent to an activating group) is 1. The normalized spacial score (nSPS) is 10.1. The first kappa shape index (κ1) is 11.0. The van der Waals surface area contributed by atoms with Gasteiger partial charge < -0.3 is 11.1 Å². The van der Waals surface area contributed by atoms with E-state index in [1.54, 1.807) is 18.2 Å². The van der Waals surface area contributed by atoms with Crippen LogP contribution in [0.25, 0.3) is 0 Å². The van der Waals surface area contributed by atoms with Gasteiger partial charge in [0.25, 0.3) is 0 Å². The zero-order chi connectivity index (χ0) is 10.6. The molecule has 1 aromatic rings. The summed E-state index contributed by atoms with van der Waals surface area (Å²) in [6.45, 7) is 3.05. The number of carbonyl (C=O) groups excluding carboxylic acids is 1. The van der Waals surface area contributed by atoms with Gasteiger partial charge in [0, 0.05) is 5.56 Å². The Balaban J connectivity index is 2.76. The Kier molecular flexibility index (Phi) is 3.92. The molecule has 0 saturated heterocycles. The summed E-state index contributed by atoms with van der Waals surface area (Å²) in [4.78, 5) is 11.5. The number of hydrogen-bond donors (Lipinski definition) is 2. The van der Waals surface area contributed by atoms with Gasteiger partial charge in [0.15, 0.2) is 5.78 Å². The number of halogens is 1. The predicted octanol–water partition coefficient (Wildman–Crippen LogP) is 1.71. The molecule has 0 aliphatic heterocycles. The van der Waals surface area contributed by atoms with Crippen LogP contribution in [-0.4, -0.2) is 18.9 Å². The molecule has 76 valence electrons. The molecule has 0 aromatic heterocycles. The third-order valence-corrected chi connectivity index (χ3v) is 2.20. The highest BCUT2D eigenvalue weighted by atomic mass is 35.5. The quantitative estimate of drug-likeness (QED) is 0.590. The molecule has 4 heteroatoms. The van der Waals surface area contributed by atoms with E-state index in [-0.39, 0.29) is 5.78 Å². The number of carbonyl (C=O) groups is 1. The van der Waals surface area contributed by atoms with E-state index in [2.05, 4.69) is 5.32 Å². The van der Waals surface area contributed by atoms with Crippen molar-refractivity contribution in [1.82, 2.24) is 5.32 Å². The van der Waals surface area contributed by atoms with Crippen molar-refractivity contribution in [2.75, 3.05) is 18.8 Å². The summed E-state index contributed by atoms with van der Waals surface area (Å²) in [5, 5.41) is 3.43. The minimum absolute atomic E-state index is 0.0233. The lowest BCUT2D eigenvalue weighted by atomic mass is 10.1. The summed E-state index contributed by atoms with van der Waals surface area (Å²) in [5.74, 6) is 0.0233. The van der Waals surface area contributed by atoms with E-state index in [4.69, 9.17) is 17.3 Å². The Hall–Kier alpha value is -1.06. The van der Waals surface area contributed by atoms with Crippen molar-refractivity contribution >= 4 is 23.1 Å². The number of nitrogens with one attached hydrogen (secondary N) is 1. The number of ketones is 1. The Morgan fingerprint density at radius 2 is 2.29 bits per heavy atom. The lowest BCUT2D eigenvalue weighted by Gasteiger charge is -2.03. The maximum absolute atomic E-state index is 11.5. The molecule has 0 atom stereocenters. The van der Waals surface area contributed by atoms with Crippen molar-refractivity contribution in [2.45, 2.75) is 6.92 Å². The Bertz CT molecular complexity index is 339. The molecule has 1 rings (SSSR count). The van der Waals surface area contributed by atoms with E-state index < -0.39 is 0 Å². The van der Waals surface area contributed by atoms with Crippen molar-refractivity contribution < 1.29 is 4.79 Å². The van der Waals surface area contributed by atoms with Crippen LogP contribution in [0.4, 0.5) is 5.69 Å². The van der Waals surface area contributed by atoms with E-state index in [1.807, 2.05) is 6.92 Å². The summed E-state index contributed by atoms with van der Waals surface area (Å²) in [6, 6.07) is 4.91. The fourth-order valence-corrected chi connectivity index (χ4v) is 1.18. The van der Waals surface area contributed by atoms with Gasteiger partial charge in [0.05, 0.1) is 17.3 Å². The molecule has 0 unspecified atom stereocenters. The first-order chi connectivity index (χ1) is 6.65. The Labute approximate surface area is 88.2 Å². The number of nitrogen functional groups attached to an aromatic ring is 1. The predicted molar refractivity (Wildman–Crippen MR) is 58.7 cm³/mol. The first-order valence-corrected chi connectivity index (χ1v) is 4.82. The van der Waals surface area contributed by atoms with Gasteiger partial charge in [0.1, 0.15) is 0 Å². The van der Waals surface area contributed by atoms with Crippen LogP contribution in [0, 0.1) is 0 Å². The molecule has 0 fully saturated rings. The molecule has 0 radical (unpaired) electrons. The van der Waals surface area contributed by atoms with Gasteiger partial charge in [-0.3, -0.25) is 4.79 Å². The molecule has 0 aliphatic rings. The van der Waals surface area contributed by atoms with E-state index in [9.17, 15) is 4.79 Å². The number of rotatable bonds is 4. The van der Waals surface area contributed by atoms with Crippen molar-refractivity contribution in [3.05, 3.63) is 28.8 Å². The zero-order valence-corrected chi connectivity index (χ0v) is 8.77. The summed E-state index contributed by atoms with van der Waals surface area (Å²) in [5.41, 5.74) is 6.61. The lowest BCUT2D eigenvalue weighted by Crippen LogP contribution is -2.22. The molecule has 1 aromatic carbocycles. The van der Waals surface area contributed by atoms with Crippen LogP contribution < -0.4 is 11.1 Å². The van der Waals surface area contributed by atoms with Crippen molar-refractivity contribution in [1.29, 1.82) is 0 Å². The molecule has 0 bridgehead atoms. The van der Waals surface area contributed by atoms with Crippen LogP contribution >= 0.6 is 11.6 Å². The van der Waals surface area contributed by atoms with Crippen LogP contribution in [0.5, 0.6) is 0 Å². The minimum Gasteiger partial charge on any atom is -0.398 e. The molecule has 14 heavy (non-hydrogen) atoms. The molecule has 0 aliphatic carbocycles. The van der Waals surface area contributed by atoms with Crippen LogP contribution in [0.15, 0.2) is 18.2 Å². The van der Waals surface area contributed by atoms with Gasteiger partial charge >= 0.3 is 0 Å². The fourth-order valence-electron chi connectivity index (χ4n) is 1.06. The molecule has 0 heterocycles. The SMILES string of the molecule is CCNCC(=O)c1ccc(Cl)c(N)c1.